The van der Waals surface area contributed by atoms with Gasteiger partial charge in [-0.2, -0.15) is 13.2 Å². The fourth-order valence-electron chi connectivity index (χ4n) is 2.93. The van der Waals surface area contributed by atoms with E-state index in [1.807, 2.05) is 0 Å². The first-order valence-electron chi connectivity index (χ1n) is 6.92. The summed E-state index contributed by atoms with van der Waals surface area (Å²) < 4.78 is 44.7. The topological polar surface area (TPSA) is 89.7 Å². The Kier molecular flexibility index (Phi) is 4.54. The van der Waals surface area contributed by atoms with E-state index in [0.29, 0.717) is 0 Å². The molecule has 24 heavy (non-hydrogen) atoms. The highest BCUT2D eigenvalue weighted by atomic mass is 19.4. The van der Waals surface area contributed by atoms with Gasteiger partial charge in [0, 0.05) is 16.1 Å². The van der Waals surface area contributed by atoms with Gasteiger partial charge in [-0.05, 0) is 19.9 Å². The lowest BCUT2D eigenvalue weighted by molar-refractivity contribution is -0.546. The van der Waals surface area contributed by atoms with Crippen LogP contribution in [0, 0.1) is 10.1 Å². The van der Waals surface area contributed by atoms with Crippen molar-refractivity contribution in [3.05, 3.63) is 51.3 Å². The number of nitro groups is 1. The molecular weight excluding hydrogens is 331 g/mol. The van der Waals surface area contributed by atoms with Crippen LogP contribution in [0.5, 0.6) is 5.75 Å². The van der Waals surface area contributed by atoms with Crippen molar-refractivity contribution in [2.24, 2.45) is 0 Å². The number of carbonyl (C=O) groups excluding carboxylic acids is 1. The Labute approximate surface area is 134 Å². The van der Waals surface area contributed by atoms with Crippen LogP contribution in [-0.4, -0.2) is 34.1 Å². The second-order valence-corrected chi connectivity index (χ2v) is 5.43. The quantitative estimate of drug-likeness (QED) is 0.393. The molecule has 6 nitrogen and oxygen atoms in total. The number of rotatable bonds is 3. The molecule has 0 saturated heterocycles. The Morgan fingerprint density at radius 1 is 1.29 bits per heavy atom. The largest absolute Gasteiger partial charge is 0.512 e. The highest BCUT2D eigenvalue weighted by Crippen LogP contribution is 2.46. The van der Waals surface area contributed by atoms with Crippen LogP contribution in [0.3, 0.4) is 0 Å². The van der Waals surface area contributed by atoms with Crippen LogP contribution >= 0.6 is 0 Å². The van der Waals surface area contributed by atoms with Crippen LogP contribution in [0.25, 0.3) is 0 Å². The molecule has 1 aliphatic rings. The predicted octanol–water partition coefficient (Wildman–Crippen LogP) is 3.16. The Balaban J connectivity index is 2.77. The molecule has 0 amide bonds. The maximum atomic E-state index is 13.3. The summed E-state index contributed by atoms with van der Waals surface area (Å²) in [6.07, 6.45) is -7.75. The fraction of sp³-hybridized carbons (Fsp3) is 0.400. The van der Waals surface area contributed by atoms with Gasteiger partial charge in [0.2, 0.25) is 0 Å². The summed E-state index contributed by atoms with van der Waals surface area (Å²) in [5.41, 5.74) is -0.375. The number of alkyl halides is 3. The van der Waals surface area contributed by atoms with Crippen LogP contribution in [0.15, 0.2) is 35.6 Å². The maximum Gasteiger partial charge on any atom is 0.432 e. The van der Waals surface area contributed by atoms with Crippen LogP contribution in [0.4, 0.5) is 13.2 Å². The maximum absolute atomic E-state index is 13.3. The van der Waals surface area contributed by atoms with Crippen LogP contribution in [0.1, 0.15) is 25.3 Å². The first-order chi connectivity index (χ1) is 11.1. The normalized spacial score (nSPS) is 24.5. The molecule has 0 aromatic heterocycles. The average Bonchev–Trinajstić information content (AvgIpc) is 2.44. The van der Waals surface area contributed by atoms with E-state index in [1.54, 1.807) is 0 Å². The molecule has 1 aromatic rings. The highest BCUT2D eigenvalue weighted by Gasteiger charge is 2.60. The second kappa shape index (κ2) is 6.14. The monoisotopic (exact) mass is 345 g/mol. The van der Waals surface area contributed by atoms with Crippen molar-refractivity contribution in [3.63, 3.8) is 0 Å². The van der Waals surface area contributed by atoms with Crippen molar-refractivity contribution in [3.8, 4) is 5.75 Å². The van der Waals surface area contributed by atoms with Gasteiger partial charge in [-0.25, -0.2) is 0 Å². The van der Waals surface area contributed by atoms with Crippen molar-refractivity contribution in [1.82, 2.24) is 0 Å². The van der Waals surface area contributed by atoms with Crippen molar-refractivity contribution in [1.29, 1.82) is 0 Å². The minimum atomic E-state index is -5.02. The number of nitrogens with zero attached hydrogens (tertiary/aromatic N) is 1. The van der Waals surface area contributed by atoms with Gasteiger partial charge in [0.05, 0.1) is 11.7 Å². The lowest BCUT2D eigenvalue weighted by atomic mass is 9.78. The number of aliphatic hydroxyl groups excluding tert-OH is 1. The minimum Gasteiger partial charge on any atom is -0.512 e. The molecule has 0 saturated carbocycles. The van der Waals surface area contributed by atoms with E-state index in [1.165, 1.54) is 24.3 Å². The third kappa shape index (κ3) is 3.06. The lowest BCUT2D eigenvalue weighted by Gasteiger charge is -2.35. The zero-order valence-corrected chi connectivity index (χ0v) is 12.7. The summed E-state index contributed by atoms with van der Waals surface area (Å²) in [6, 6.07) is 3.17. The number of carbonyl (C=O) groups is 1. The molecule has 0 radical (unpaired) electrons. The molecule has 0 fully saturated rings. The fourth-order valence-corrected chi connectivity index (χ4v) is 2.93. The van der Waals surface area contributed by atoms with Gasteiger partial charge in [-0.15, -0.1) is 0 Å². The van der Waals surface area contributed by atoms with Gasteiger partial charge >= 0.3 is 6.18 Å². The molecular formula is C15H14F3NO5. The summed E-state index contributed by atoms with van der Waals surface area (Å²) in [4.78, 5) is 22.1. The number of hydrogen-bond acceptors (Lipinski definition) is 5. The molecule has 1 N–H and O–H groups in total. The SMILES string of the molecule is CC(=O)/C(=C(/C)O)[C@H]1c2ccccc2O[C@@H](C(F)(F)F)[C@@H]1[N+](=O)[O-]. The van der Waals surface area contributed by atoms with E-state index in [-0.39, 0.29) is 11.3 Å². The van der Waals surface area contributed by atoms with Crippen molar-refractivity contribution >= 4 is 5.78 Å². The van der Waals surface area contributed by atoms with Crippen molar-refractivity contribution < 1.29 is 32.7 Å². The smallest absolute Gasteiger partial charge is 0.432 e. The Morgan fingerprint density at radius 3 is 2.33 bits per heavy atom. The van der Waals surface area contributed by atoms with Gasteiger partial charge in [0.15, 0.2) is 5.78 Å². The number of fused-ring (bicyclic) bond motifs is 1. The molecule has 0 spiro atoms. The first kappa shape index (κ1) is 17.8. The molecule has 0 aliphatic carbocycles. The molecule has 0 bridgehead atoms. The zero-order valence-electron chi connectivity index (χ0n) is 12.7. The third-order valence-corrected chi connectivity index (χ3v) is 3.81. The minimum absolute atomic E-state index is 0.0540. The molecule has 3 atom stereocenters. The number of allylic oxidation sites excluding steroid dienone is 1. The van der Waals surface area contributed by atoms with E-state index in [2.05, 4.69) is 0 Å². The number of benzene rings is 1. The molecule has 2 rings (SSSR count). The number of para-hydroxylation sites is 1. The molecule has 130 valence electrons. The summed E-state index contributed by atoms with van der Waals surface area (Å²) in [5.74, 6) is -3.08. The van der Waals surface area contributed by atoms with Gasteiger partial charge < -0.3 is 9.84 Å². The van der Waals surface area contributed by atoms with Crippen LogP contribution in [0.2, 0.25) is 0 Å². The summed E-state index contributed by atoms with van der Waals surface area (Å²) in [7, 11) is 0. The average molecular weight is 345 g/mol. The number of halogens is 3. The number of Topliss-reactive ketones (excluding diaryl/α,β-unsaturated/α-hetero) is 1. The van der Waals surface area contributed by atoms with Gasteiger partial charge in [-0.1, -0.05) is 18.2 Å². The van der Waals surface area contributed by atoms with Gasteiger partial charge in [0.25, 0.3) is 12.1 Å². The molecule has 1 heterocycles. The van der Waals surface area contributed by atoms with Crippen LogP contribution < -0.4 is 4.74 Å². The van der Waals surface area contributed by atoms with Crippen LogP contribution in [-0.2, 0) is 4.79 Å². The van der Waals surface area contributed by atoms with Gasteiger partial charge in [0.1, 0.15) is 5.75 Å². The predicted molar refractivity (Wildman–Crippen MR) is 76.4 cm³/mol. The highest BCUT2D eigenvalue weighted by molar-refractivity contribution is 5.95. The summed E-state index contributed by atoms with van der Waals surface area (Å²) in [6.45, 7) is 2.14. The number of ether oxygens (including phenoxy) is 1. The molecule has 0 unspecified atom stereocenters. The Bertz CT molecular complexity index is 709. The van der Waals surface area contributed by atoms with Crippen molar-refractivity contribution in [2.75, 3.05) is 0 Å². The second-order valence-electron chi connectivity index (χ2n) is 5.43. The Morgan fingerprint density at radius 2 is 1.88 bits per heavy atom. The van der Waals surface area contributed by atoms with E-state index in [4.69, 9.17) is 4.74 Å². The lowest BCUT2D eigenvalue weighted by Crippen LogP contribution is -2.54. The first-order valence-corrected chi connectivity index (χ1v) is 6.92. The third-order valence-electron chi connectivity index (χ3n) is 3.81. The summed E-state index contributed by atoms with van der Waals surface area (Å²) >= 11 is 0. The van der Waals surface area contributed by atoms with Crippen molar-refractivity contribution in [2.45, 2.75) is 38.1 Å². The molecule has 1 aromatic carbocycles. The standard InChI is InChI=1S/C15H14F3NO5/c1-7(20)11(8(2)21)12-9-5-3-4-6-10(9)24-14(15(16,17)18)13(12)19(22)23/h3-6,12-14,20H,1-2H3/b11-7+/t12-,13-,14-/m1/s1. The van der Waals surface area contributed by atoms with E-state index in [0.717, 1.165) is 13.8 Å². The van der Waals surface area contributed by atoms with E-state index < -0.39 is 46.3 Å². The van der Waals surface area contributed by atoms with E-state index in [9.17, 15) is 33.2 Å². The number of hydrogen-bond donors (Lipinski definition) is 1. The zero-order chi connectivity index (χ0) is 18.2. The van der Waals surface area contributed by atoms with Gasteiger partial charge in [-0.3, -0.25) is 14.9 Å². The molecule has 9 heteroatoms. The Hall–Kier alpha value is -2.58. The molecule has 1 aliphatic heterocycles. The number of ketones is 1. The van der Waals surface area contributed by atoms with E-state index >= 15 is 0 Å². The summed E-state index contributed by atoms with van der Waals surface area (Å²) in [5, 5.41) is 21.2. The number of aliphatic hydroxyl groups is 1.